The molecule has 0 aliphatic heterocycles. The maximum atomic E-state index is 13.5. The summed E-state index contributed by atoms with van der Waals surface area (Å²) in [5.41, 5.74) is 0.556. The lowest BCUT2D eigenvalue weighted by Crippen LogP contribution is -2.27. The molecule has 0 amide bonds. The van der Waals surface area contributed by atoms with E-state index in [1.54, 1.807) is 12.1 Å². The molecule has 0 bridgehead atoms. The van der Waals surface area contributed by atoms with E-state index in [4.69, 9.17) is 18.0 Å². The summed E-state index contributed by atoms with van der Waals surface area (Å²) < 4.78 is 13.5. The van der Waals surface area contributed by atoms with Gasteiger partial charge in [-0.05, 0) is 32.0 Å². The first-order chi connectivity index (χ1) is 7.69. The molecule has 86 valence electrons. The Morgan fingerprint density at radius 2 is 2.31 bits per heavy atom. The second kappa shape index (κ2) is 6.52. The lowest BCUT2D eigenvalue weighted by atomic mass is 10.0. The third-order valence-corrected chi connectivity index (χ3v) is 2.91. The van der Waals surface area contributed by atoms with Gasteiger partial charge in [0.05, 0.1) is 0 Å². The summed E-state index contributed by atoms with van der Waals surface area (Å²) in [6.07, 6.45) is 7.26. The highest BCUT2D eigenvalue weighted by atomic mass is 35.5. The van der Waals surface area contributed by atoms with Crippen LogP contribution in [0, 0.1) is 18.2 Å². The minimum Gasteiger partial charge on any atom is -0.317 e. The molecule has 0 aliphatic rings. The number of hydrogen-bond acceptors (Lipinski definition) is 1. The van der Waals surface area contributed by atoms with Gasteiger partial charge in [0.2, 0.25) is 0 Å². The van der Waals surface area contributed by atoms with Crippen LogP contribution in [0.5, 0.6) is 0 Å². The minimum absolute atomic E-state index is 0.158. The van der Waals surface area contributed by atoms with Crippen molar-refractivity contribution in [2.45, 2.75) is 25.3 Å². The summed E-state index contributed by atoms with van der Waals surface area (Å²) in [7, 11) is 1.84. The van der Waals surface area contributed by atoms with Crippen LogP contribution in [0.4, 0.5) is 4.39 Å². The molecule has 1 unspecified atom stereocenters. The Morgan fingerprint density at radius 1 is 1.56 bits per heavy atom. The summed E-state index contributed by atoms with van der Waals surface area (Å²) in [4.78, 5) is 0. The number of halogens is 2. The van der Waals surface area contributed by atoms with Gasteiger partial charge in [-0.3, -0.25) is 0 Å². The van der Waals surface area contributed by atoms with Crippen LogP contribution < -0.4 is 5.32 Å². The van der Waals surface area contributed by atoms with Crippen LogP contribution in [0.3, 0.4) is 0 Å². The van der Waals surface area contributed by atoms with Crippen LogP contribution in [0.1, 0.15) is 18.4 Å². The third kappa shape index (κ3) is 3.52. The van der Waals surface area contributed by atoms with Crippen molar-refractivity contribution >= 4 is 11.6 Å². The second-order valence-corrected chi connectivity index (χ2v) is 4.04. The number of terminal acetylenes is 1. The molecule has 3 heteroatoms. The van der Waals surface area contributed by atoms with Gasteiger partial charge in [0.25, 0.3) is 0 Å². The Kier molecular flexibility index (Phi) is 5.31. The van der Waals surface area contributed by atoms with Crippen LogP contribution >= 0.6 is 11.6 Å². The molecule has 0 aromatic heterocycles. The Morgan fingerprint density at radius 3 is 2.88 bits per heavy atom. The largest absolute Gasteiger partial charge is 0.317 e. The summed E-state index contributed by atoms with van der Waals surface area (Å²) in [6, 6.07) is 4.89. The molecule has 16 heavy (non-hydrogen) atoms. The van der Waals surface area contributed by atoms with Gasteiger partial charge in [0.1, 0.15) is 5.82 Å². The monoisotopic (exact) mass is 239 g/mol. The smallest absolute Gasteiger partial charge is 0.127 e. The van der Waals surface area contributed by atoms with Gasteiger partial charge in [-0.1, -0.05) is 17.7 Å². The maximum absolute atomic E-state index is 13.5. The lowest BCUT2D eigenvalue weighted by Gasteiger charge is -2.16. The molecular weight excluding hydrogens is 225 g/mol. The molecule has 0 spiro atoms. The van der Waals surface area contributed by atoms with Gasteiger partial charge in [0, 0.05) is 23.0 Å². The normalized spacial score (nSPS) is 12.1. The fraction of sp³-hybridized carbons (Fsp3) is 0.385. The van der Waals surface area contributed by atoms with Crippen molar-refractivity contribution in [2.24, 2.45) is 0 Å². The van der Waals surface area contributed by atoms with E-state index in [1.807, 2.05) is 7.05 Å². The predicted molar refractivity (Wildman–Crippen MR) is 66.0 cm³/mol. The molecule has 1 rings (SSSR count). The fourth-order valence-corrected chi connectivity index (χ4v) is 1.82. The summed E-state index contributed by atoms with van der Waals surface area (Å²) in [6.45, 7) is 0. The zero-order valence-corrected chi connectivity index (χ0v) is 10.0. The molecule has 0 aliphatic carbocycles. The summed E-state index contributed by atoms with van der Waals surface area (Å²) >= 11 is 5.96. The zero-order chi connectivity index (χ0) is 12.0. The summed E-state index contributed by atoms with van der Waals surface area (Å²) in [5.74, 6) is 2.32. The zero-order valence-electron chi connectivity index (χ0n) is 9.26. The first kappa shape index (κ1) is 13.0. The average molecular weight is 240 g/mol. The molecule has 1 aromatic carbocycles. The predicted octanol–water partition coefficient (Wildman–Crippen LogP) is 3.02. The highest BCUT2D eigenvalue weighted by Crippen LogP contribution is 2.21. The van der Waals surface area contributed by atoms with E-state index in [0.29, 0.717) is 23.4 Å². The number of nitrogens with one attached hydrogen (secondary N) is 1. The number of rotatable bonds is 5. The first-order valence-electron chi connectivity index (χ1n) is 5.22. The lowest BCUT2D eigenvalue weighted by molar-refractivity contribution is 0.510. The van der Waals surface area contributed by atoms with Crippen LogP contribution in [0.25, 0.3) is 0 Å². The van der Waals surface area contributed by atoms with Crippen LogP contribution in [0.2, 0.25) is 5.02 Å². The van der Waals surface area contributed by atoms with Gasteiger partial charge >= 0.3 is 0 Å². The Hall–Kier alpha value is -1.04. The van der Waals surface area contributed by atoms with Crippen LogP contribution in [0.15, 0.2) is 18.2 Å². The molecule has 0 saturated carbocycles. The molecule has 0 radical (unpaired) electrons. The Labute approximate surface area is 101 Å². The highest BCUT2D eigenvalue weighted by molar-refractivity contribution is 6.31. The van der Waals surface area contributed by atoms with E-state index >= 15 is 0 Å². The van der Waals surface area contributed by atoms with E-state index in [1.165, 1.54) is 6.07 Å². The van der Waals surface area contributed by atoms with Gasteiger partial charge < -0.3 is 5.32 Å². The molecular formula is C13H15ClFN. The molecule has 0 fully saturated rings. The summed E-state index contributed by atoms with van der Waals surface area (Å²) in [5, 5.41) is 3.59. The van der Waals surface area contributed by atoms with E-state index in [-0.39, 0.29) is 11.9 Å². The van der Waals surface area contributed by atoms with E-state index in [0.717, 1.165) is 6.42 Å². The van der Waals surface area contributed by atoms with Gasteiger partial charge in [0.15, 0.2) is 0 Å². The molecule has 1 atom stereocenters. The minimum atomic E-state index is -0.256. The van der Waals surface area contributed by atoms with Crippen molar-refractivity contribution in [1.82, 2.24) is 5.32 Å². The molecule has 1 aromatic rings. The van der Waals surface area contributed by atoms with Crippen molar-refractivity contribution in [3.05, 3.63) is 34.6 Å². The molecule has 1 N–H and O–H groups in total. The van der Waals surface area contributed by atoms with Crippen molar-refractivity contribution in [3.8, 4) is 12.3 Å². The fourth-order valence-electron chi connectivity index (χ4n) is 1.58. The van der Waals surface area contributed by atoms with E-state index in [9.17, 15) is 4.39 Å². The van der Waals surface area contributed by atoms with Crippen molar-refractivity contribution in [3.63, 3.8) is 0 Å². The maximum Gasteiger partial charge on any atom is 0.127 e. The van der Waals surface area contributed by atoms with Crippen molar-refractivity contribution in [2.75, 3.05) is 7.05 Å². The number of benzene rings is 1. The second-order valence-electron chi connectivity index (χ2n) is 3.63. The van der Waals surface area contributed by atoms with Crippen LogP contribution in [-0.2, 0) is 6.42 Å². The molecule has 0 heterocycles. The van der Waals surface area contributed by atoms with E-state index < -0.39 is 0 Å². The first-order valence-corrected chi connectivity index (χ1v) is 5.60. The van der Waals surface area contributed by atoms with Gasteiger partial charge in [-0.25, -0.2) is 4.39 Å². The molecule has 1 nitrogen and oxygen atoms in total. The molecule has 0 saturated heterocycles. The SMILES string of the molecule is C#CCCC(Cc1c(F)cccc1Cl)NC. The number of likely N-dealkylation sites (N-methyl/N-ethyl adjacent to an activating group) is 1. The van der Waals surface area contributed by atoms with Crippen molar-refractivity contribution in [1.29, 1.82) is 0 Å². The van der Waals surface area contributed by atoms with Gasteiger partial charge in [-0.2, -0.15) is 0 Å². The van der Waals surface area contributed by atoms with E-state index in [2.05, 4.69) is 11.2 Å². The third-order valence-electron chi connectivity index (χ3n) is 2.56. The topological polar surface area (TPSA) is 12.0 Å². The highest BCUT2D eigenvalue weighted by Gasteiger charge is 2.12. The van der Waals surface area contributed by atoms with Crippen molar-refractivity contribution < 1.29 is 4.39 Å². The van der Waals surface area contributed by atoms with Crippen LogP contribution in [-0.4, -0.2) is 13.1 Å². The van der Waals surface area contributed by atoms with Gasteiger partial charge in [-0.15, -0.1) is 12.3 Å². The number of hydrogen-bond donors (Lipinski definition) is 1. The quantitative estimate of drug-likeness (QED) is 0.779. The average Bonchev–Trinajstić information content (AvgIpc) is 2.28. The Balaban J connectivity index is 2.74. The standard InChI is InChI=1S/C13H15ClFN/c1-3-4-6-10(16-2)9-11-12(14)7-5-8-13(11)15/h1,5,7-8,10,16H,4,6,9H2,2H3. The Bertz CT molecular complexity index is 364.